The van der Waals surface area contributed by atoms with E-state index in [0.717, 1.165) is 4.47 Å². The molecule has 1 aliphatic rings. The van der Waals surface area contributed by atoms with Crippen LogP contribution in [0.1, 0.15) is 29.1 Å². The Bertz CT molecular complexity index is 1510. The smallest absolute Gasteiger partial charge is 0.294 e. The molecule has 0 fully saturated rings. The van der Waals surface area contributed by atoms with E-state index in [1.807, 2.05) is 6.07 Å². The van der Waals surface area contributed by atoms with Gasteiger partial charge in [0.05, 0.1) is 11.6 Å². The number of pyridine rings is 1. The third-order valence-corrected chi connectivity index (χ3v) is 6.14. The van der Waals surface area contributed by atoms with Crippen molar-refractivity contribution in [3.63, 3.8) is 0 Å². The average molecular weight is 532 g/mol. The van der Waals surface area contributed by atoms with E-state index < -0.39 is 23.5 Å². The molecule has 0 saturated carbocycles. The van der Waals surface area contributed by atoms with Gasteiger partial charge in [0.1, 0.15) is 5.58 Å². The topological polar surface area (TPSA) is 113 Å². The third kappa shape index (κ3) is 4.10. The molecule has 0 aliphatic carbocycles. The number of amides is 2. The molecule has 5 rings (SSSR count). The molecule has 1 aliphatic heterocycles. The first-order valence-corrected chi connectivity index (χ1v) is 11.4. The summed E-state index contributed by atoms with van der Waals surface area (Å²) in [7, 11) is 0. The van der Waals surface area contributed by atoms with Crippen LogP contribution >= 0.6 is 15.9 Å². The summed E-state index contributed by atoms with van der Waals surface area (Å²) < 4.78 is 6.59. The zero-order chi connectivity index (χ0) is 24.7. The molecular formula is C26H18BrN3O5. The van der Waals surface area contributed by atoms with Gasteiger partial charge in [-0.3, -0.25) is 24.3 Å². The fourth-order valence-corrected chi connectivity index (χ4v) is 4.51. The van der Waals surface area contributed by atoms with Crippen molar-refractivity contribution in [3.8, 4) is 0 Å². The van der Waals surface area contributed by atoms with Gasteiger partial charge in [-0.2, -0.15) is 0 Å². The second-order valence-corrected chi connectivity index (χ2v) is 8.89. The van der Waals surface area contributed by atoms with Crippen molar-refractivity contribution in [1.29, 1.82) is 0 Å². The molecule has 0 bridgehead atoms. The molecule has 1 unspecified atom stereocenters. The van der Waals surface area contributed by atoms with Gasteiger partial charge in [0, 0.05) is 40.6 Å². The Labute approximate surface area is 208 Å². The van der Waals surface area contributed by atoms with Gasteiger partial charge >= 0.3 is 0 Å². The zero-order valence-corrected chi connectivity index (χ0v) is 19.9. The van der Waals surface area contributed by atoms with Crippen LogP contribution in [-0.4, -0.2) is 27.7 Å². The van der Waals surface area contributed by atoms with E-state index in [-0.39, 0.29) is 17.2 Å². The first-order valence-electron chi connectivity index (χ1n) is 10.6. The van der Waals surface area contributed by atoms with Crippen molar-refractivity contribution in [2.24, 2.45) is 0 Å². The number of aromatic nitrogens is 1. The molecule has 174 valence electrons. The lowest BCUT2D eigenvalue weighted by atomic mass is 9.95. The highest BCUT2D eigenvalue weighted by Gasteiger charge is 2.45. The standard InChI is InChI=1S/C26H18BrN3O5/c1-14(31)29-18-3-5-19(6-4-18)30-23(15-8-10-28-11-9-15)22(25(33)26(30)34)24(32)21-13-16-12-17(27)2-7-20(16)35-21/h2-13,23,33H,1H3,(H,29,31). The van der Waals surface area contributed by atoms with Crippen molar-refractivity contribution in [2.75, 3.05) is 10.2 Å². The maximum absolute atomic E-state index is 13.6. The molecule has 3 heterocycles. The normalized spacial score (nSPS) is 15.7. The predicted molar refractivity (Wildman–Crippen MR) is 133 cm³/mol. The number of fused-ring (bicyclic) bond motifs is 1. The fourth-order valence-electron chi connectivity index (χ4n) is 4.13. The van der Waals surface area contributed by atoms with Crippen molar-refractivity contribution < 1.29 is 23.9 Å². The van der Waals surface area contributed by atoms with Crippen LogP contribution in [0.25, 0.3) is 11.0 Å². The molecular weight excluding hydrogens is 514 g/mol. The Hall–Kier alpha value is -4.24. The summed E-state index contributed by atoms with van der Waals surface area (Å²) in [5.41, 5.74) is 1.99. The van der Waals surface area contributed by atoms with Crippen LogP contribution in [0.4, 0.5) is 11.4 Å². The minimum absolute atomic E-state index is 0.00867. The van der Waals surface area contributed by atoms with Crippen molar-refractivity contribution in [2.45, 2.75) is 13.0 Å². The van der Waals surface area contributed by atoms with Crippen LogP contribution in [-0.2, 0) is 9.59 Å². The van der Waals surface area contributed by atoms with Crippen LogP contribution in [0.2, 0.25) is 0 Å². The number of carbonyl (C=O) groups excluding carboxylic acids is 3. The Morgan fingerprint density at radius 2 is 1.77 bits per heavy atom. The molecule has 35 heavy (non-hydrogen) atoms. The number of nitrogens with one attached hydrogen (secondary N) is 1. The number of carbonyl (C=O) groups is 3. The predicted octanol–water partition coefficient (Wildman–Crippen LogP) is 5.33. The second-order valence-electron chi connectivity index (χ2n) is 7.97. The molecule has 1 atom stereocenters. The number of furan rings is 1. The van der Waals surface area contributed by atoms with Gasteiger partial charge in [0.15, 0.2) is 11.5 Å². The molecule has 2 aromatic heterocycles. The Morgan fingerprint density at radius 3 is 2.46 bits per heavy atom. The maximum Gasteiger partial charge on any atom is 0.294 e. The highest BCUT2D eigenvalue weighted by atomic mass is 79.9. The number of rotatable bonds is 5. The van der Waals surface area contributed by atoms with Gasteiger partial charge in [-0.25, -0.2) is 0 Å². The monoisotopic (exact) mass is 531 g/mol. The molecule has 2 N–H and O–H groups in total. The van der Waals surface area contributed by atoms with Crippen molar-refractivity contribution in [1.82, 2.24) is 4.98 Å². The molecule has 0 spiro atoms. The number of nitrogens with zero attached hydrogens (tertiary/aromatic N) is 2. The Balaban J connectivity index is 1.59. The van der Waals surface area contributed by atoms with Crippen LogP contribution in [0.5, 0.6) is 0 Å². The van der Waals surface area contributed by atoms with Crippen molar-refractivity contribution in [3.05, 3.63) is 100 Å². The number of ketones is 1. The molecule has 0 radical (unpaired) electrons. The fraction of sp³-hybridized carbons (Fsp3) is 0.0769. The van der Waals surface area contributed by atoms with Crippen LogP contribution in [0.3, 0.4) is 0 Å². The number of aliphatic hydroxyl groups is 1. The van der Waals surface area contributed by atoms with Gasteiger partial charge < -0.3 is 14.8 Å². The van der Waals surface area contributed by atoms with Gasteiger partial charge in [0.2, 0.25) is 11.7 Å². The minimum Gasteiger partial charge on any atom is -0.503 e. The quantitative estimate of drug-likeness (QED) is 0.336. The van der Waals surface area contributed by atoms with Gasteiger partial charge in [-0.1, -0.05) is 15.9 Å². The molecule has 2 aromatic carbocycles. The molecule has 9 heteroatoms. The van der Waals surface area contributed by atoms with Gasteiger partial charge in [-0.05, 0) is 66.2 Å². The summed E-state index contributed by atoms with van der Waals surface area (Å²) in [4.78, 5) is 43.6. The summed E-state index contributed by atoms with van der Waals surface area (Å²) >= 11 is 3.40. The number of hydrogen-bond donors (Lipinski definition) is 2. The second kappa shape index (κ2) is 8.84. The largest absolute Gasteiger partial charge is 0.503 e. The molecule has 2 amide bonds. The number of Topliss-reactive ketones (excluding diaryl/α,β-unsaturated/α-hetero) is 1. The summed E-state index contributed by atoms with van der Waals surface area (Å²) in [5.74, 6) is -2.18. The van der Waals surface area contributed by atoms with E-state index in [4.69, 9.17) is 4.42 Å². The van der Waals surface area contributed by atoms with Crippen LogP contribution in [0.15, 0.2) is 93.3 Å². The lowest BCUT2D eigenvalue weighted by Gasteiger charge is -2.26. The van der Waals surface area contributed by atoms with E-state index in [2.05, 4.69) is 26.2 Å². The zero-order valence-electron chi connectivity index (χ0n) is 18.4. The SMILES string of the molecule is CC(=O)Nc1ccc(N2C(=O)C(O)=C(C(=O)c3cc4cc(Br)ccc4o3)C2c2ccncc2)cc1. The number of halogens is 1. The third-order valence-electron chi connectivity index (χ3n) is 5.64. The molecule has 8 nitrogen and oxygen atoms in total. The number of aliphatic hydroxyl groups excluding tert-OH is 1. The lowest BCUT2D eigenvalue weighted by molar-refractivity contribution is -0.117. The summed E-state index contributed by atoms with van der Waals surface area (Å²) in [6.07, 6.45) is 3.10. The minimum atomic E-state index is -0.912. The Kier molecular flexibility index (Phi) is 5.70. The Morgan fingerprint density at radius 1 is 1.06 bits per heavy atom. The highest BCUT2D eigenvalue weighted by molar-refractivity contribution is 9.10. The van der Waals surface area contributed by atoms with E-state index in [1.165, 1.54) is 11.8 Å². The lowest BCUT2D eigenvalue weighted by Crippen LogP contribution is -2.31. The summed E-state index contributed by atoms with van der Waals surface area (Å²) in [6, 6.07) is 15.9. The maximum atomic E-state index is 13.6. The summed E-state index contributed by atoms with van der Waals surface area (Å²) in [6.45, 7) is 1.40. The van der Waals surface area contributed by atoms with E-state index in [9.17, 15) is 19.5 Å². The molecule has 4 aromatic rings. The average Bonchev–Trinajstić information content (AvgIpc) is 3.38. The van der Waals surface area contributed by atoms with E-state index in [0.29, 0.717) is 27.9 Å². The molecule has 0 saturated heterocycles. The van der Waals surface area contributed by atoms with Crippen LogP contribution in [0, 0.1) is 0 Å². The van der Waals surface area contributed by atoms with E-state index >= 15 is 0 Å². The van der Waals surface area contributed by atoms with Crippen molar-refractivity contribution >= 4 is 55.9 Å². The first-order chi connectivity index (χ1) is 16.8. The number of hydrogen-bond acceptors (Lipinski definition) is 6. The van der Waals surface area contributed by atoms with E-state index in [1.54, 1.807) is 67.0 Å². The number of anilines is 2. The first kappa shape index (κ1) is 22.5. The highest BCUT2D eigenvalue weighted by Crippen LogP contribution is 2.42. The summed E-state index contributed by atoms with van der Waals surface area (Å²) in [5, 5.41) is 14.3. The van der Waals surface area contributed by atoms with Gasteiger partial charge in [-0.15, -0.1) is 0 Å². The number of benzene rings is 2. The van der Waals surface area contributed by atoms with Crippen LogP contribution < -0.4 is 10.2 Å². The van der Waals surface area contributed by atoms with Gasteiger partial charge in [0.25, 0.3) is 5.91 Å².